The van der Waals surface area contributed by atoms with Crippen molar-refractivity contribution in [3.05, 3.63) is 11.9 Å². The zero-order valence-electron chi connectivity index (χ0n) is 9.45. The van der Waals surface area contributed by atoms with Gasteiger partial charge in [-0.1, -0.05) is 0 Å². The molecule has 1 heterocycles. The Bertz CT molecular complexity index is 316. The maximum atomic E-state index is 5.53. The smallest absolute Gasteiger partial charge is 0.221 e. The van der Waals surface area contributed by atoms with Gasteiger partial charge in [-0.25, -0.2) is 9.97 Å². The summed E-state index contributed by atoms with van der Waals surface area (Å²) in [7, 11) is 0. The van der Waals surface area contributed by atoms with E-state index in [2.05, 4.69) is 15.3 Å². The van der Waals surface area contributed by atoms with Gasteiger partial charge in [0.2, 0.25) is 5.88 Å². The molecule has 0 spiro atoms. The van der Waals surface area contributed by atoms with E-state index in [1.165, 1.54) is 6.33 Å². The summed E-state index contributed by atoms with van der Waals surface area (Å²) in [6.45, 7) is 7.02. The molecule has 3 N–H and O–H groups in total. The average molecular weight is 210 g/mol. The van der Waals surface area contributed by atoms with Gasteiger partial charge < -0.3 is 15.8 Å². The summed E-state index contributed by atoms with van der Waals surface area (Å²) in [5, 5.41) is 3.20. The second-order valence-corrected chi connectivity index (χ2v) is 3.37. The summed E-state index contributed by atoms with van der Waals surface area (Å²) in [6, 6.07) is 0.188. The van der Waals surface area contributed by atoms with Gasteiger partial charge >= 0.3 is 0 Å². The van der Waals surface area contributed by atoms with Crippen LogP contribution in [-0.2, 0) is 0 Å². The molecule has 0 amide bonds. The van der Waals surface area contributed by atoms with E-state index in [0.29, 0.717) is 19.0 Å². The molecule has 1 aromatic heterocycles. The highest BCUT2D eigenvalue weighted by Crippen LogP contribution is 2.20. The number of rotatable bonds is 5. The summed E-state index contributed by atoms with van der Waals surface area (Å²) < 4.78 is 5.37. The van der Waals surface area contributed by atoms with Gasteiger partial charge in [0.1, 0.15) is 12.1 Å². The number of anilines is 1. The molecule has 0 aliphatic rings. The van der Waals surface area contributed by atoms with Crippen molar-refractivity contribution in [2.45, 2.75) is 26.8 Å². The molecule has 84 valence electrons. The minimum absolute atomic E-state index is 0.188. The van der Waals surface area contributed by atoms with Crippen molar-refractivity contribution in [3.8, 4) is 5.88 Å². The lowest BCUT2D eigenvalue weighted by Crippen LogP contribution is -2.26. The molecule has 0 aliphatic carbocycles. The van der Waals surface area contributed by atoms with E-state index in [-0.39, 0.29) is 6.04 Å². The molecule has 1 unspecified atom stereocenters. The number of nitrogens with zero attached hydrogens (tertiary/aromatic N) is 2. The third kappa shape index (κ3) is 3.06. The zero-order valence-corrected chi connectivity index (χ0v) is 9.45. The second-order valence-electron chi connectivity index (χ2n) is 3.37. The topological polar surface area (TPSA) is 73.1 Å². The molecule has 5 nitrogen and oxygen atoms in total. The van der Waals surface area contributed by atoms with Crippen molar-refractivity contribution in [1.82, 2.24) is 9.97 Å². The van der Waals surface area contributed by atoms with Crippen LogP contribution in [0.15, 0.2) is 6.33 Å². The third-order valence-electron chi connectivity index (χ3n) is 2.06. The SMILES string of the molecule is CCOc1ncnc(NC(C)CN)c1C. The molecule has 5 heteroatoms. The summed E-state index contributed by atoms with van der Waals surface area (Å²) >= 11 is 0. The number of nitrogens with one attached hydrogen (secondary N) is 1. The van der Waals surface area contributed by atoms with Crippen LogP contribution in [0.3, 0.4) is 0 Å². The van der Waals surface area contributed by atoms with Crippen LogP contribution in [0.5, 0.6) is 5.88 Å². The van der Waals surface area contributed by atoms with E-state index in [4.69, 9.17) is 10.5 Å². The Hall–Kier alpha value is -1.36. The lowest BCUT2D eigenvalue weighted by Gasteiger charge is -2.15. The van der Waals surface area contributed by atoms with Crippen molar-refractivity contribution >= 4 is 5.82 Å². The van der Waals surface area contributed by atoms with E-state index >= 15 is 0 Å². The molecule has 1 atom stereocenters. The van der Waals surface area contributed by atoms with Crippen LogP contribution in [0.2, 0.25) is 0 Å². The van der Waals surface area contributed by atoms with Crippen LogP contribution in [0.1, 0.15) is 19.4 Å². The van der Waals surface area contributed by atoms with Crippen molar-refractivity contribution in [3.63, 3.8) is 0 Å². The molecule has 0 radical (unpaired) electrons. The molecule has 0 saturated heterocycles. The Labute approximate surface area is 90.1 Å². The van der Waals surface area contributed by atoms with E-state index in [9.17, 15) is 0 Å². The second kappa shape index (κ2) is 5.50. The van der Waals surface area contributed by atoms with Crippen LogP contribution >= 0.6 is 0 Å². The molecular formula is C10H18N4O. The molecule has 0 bridgehead atoms. The van der Waals surface area contributed by atoms with E-state index in [1.54, 1.807) is 0 Å². The molecule has 15 heavy (non-hydrogen) atoms. The largest absolute Gasteiger partial charge is 0.478 e. The van der Waals surface area contributed by atoms with Crippen molar-refractivity contribution in [2.24, 2.45) is 5.73 Å². The minimum Gasteiger partial charge on any atom is -0.478 e. The maximum absolute atomic E-state index is 5.53. The Kier molecular flexibility index (Phi) is 4.30. The normalized spacial score (nSPS) is 12.3. The highest BCUT2D eigenvalue weighted by molar-refractivity contribution is 5.48. The Morgan fingerprint density at radius 1 is 1.53 bits per heavy atom. The first-order valence-electron chi connectivity index (χ1n) is 5.10. The standard InChI is InChI=1S/C10H18N4O/c1-4-15-10-8(3)9(12-6-13-10)14-7(2)5-11/h6-7H,4-5,11H2,1-3H3,(H,12,13,14). The number of aromatic nitrogens is 2. The summed E-state index contributed by atoms with van der Waals surface area (Å²) in [5.74, 6) is 1.41. The van der Waals surface area contributed by atoms with Gasteiger partial charge in [0.25, 0.3) is 0 Å². The van der Waals surface area contributed by atoms with Gasteiger partial charge in [0.15, 0.2) is 0 Å². The predicted octanol–water partition coefficient (Wildman–Crippen LogP) is 0.943. The van der Waals surface area contributed by atoms with E-state index < -0.39 is 0 Å². The number of hydrogen-bond acceptors (Lipinski definition) is 5. The maximum Gasteiger partial charge on any atom is 0.221 e. The fourth-order valence-electron chi connectivity index (χ4n) is 1.15. The van der Waals surface area contributed by atoms with Crippen LogP contribution in [0.4, 0.5) is 5.82 Å². The van der Waals surface area contributed by atoms with Crippen LogP contribution < -0.4 is 15.8 Å². The van der Waals surface area contributed by atoms with Gasteiger partial charge in [0.05, 0.1) is 12.2 Å². The van der Waals surface area contributed by atoms with Gasteiger partial charge in [-0.05, 0) is 20.8 Å². The van der Waals surface area contributed by atoms with Crippen molar-refractivity contribution in [1.29, 1.82) is 0 Å². The average Bonchev–Trinajstić information content (AvgIpc) is 2.24. The highest BCUT2D eigenvalue weighted by atomic mass is 16.5. The molecule has 1 rings (SSSR count). The van der Waals surface area contributed by atoms with Crippen molar-refractivity contribution in [2.75, 3.05) is 18.5 Å². The molecular weight excluding hydrogens is 192 g/mol. The first-order valence-corrected chi connectivity index (χ1v) is 5.10. The predicted molar refractivity (Wildman–Crippen MR) is 60.1 cm³/mol. The summed E-state index contributed by atoms with van der Waals surface area (Å²) in [5.41, 5.74) is 6.45. The fraction of sp³-hybridized carbons (Fsp3) is 0.600. The first-order chi connectivity index (χ1) is 7.19. The number of nitrogens with two attached hydrogens (primary N) is 1. The Morgan fingerprint density at radius 2 is 2.27 bits per heavy atom. The van der Waals surface area contributed by atoms with Gasteiger partial charge in [-0.15, -0.1) is 0 Å². The van der Waals surface area contributed by atoms with Crippen LogP contribution in [-0.4, -0.2) is 29.2 Å². The zero-order chi connectivity index (χ0) is 11.3. The van der Waals surface area contributed by atoms with Crippen LogP contribution in [0.25, 0.3) is 0 Å². The lowest BCUT2D eigenvalue weighted by molar-refractivity contribution is 0.324. The Balaban J connectivity index is 2.84. The van der Waals surface area contributed by atoms with E-state index in [0.717, 1.165) is 11.4 Å². The van der Waals surface area contributed by atoms with Gasteiger partial charge in [0, 0.05) is 12.6 Å². The fourth-order valence-corrected chi connectivity index (χ4v) is 1.15. The minimum atomic E-state index is 0.188. The monoisotopic (exact) mass is 210 g/mol. The molecule has 0 saturated carbocycles. The van der Waals surface area contributed by atoms with E-state index in [1.807, 2.05) is 20.8 Å². The van der Waals surface area contributed by atoms with Crippen molar-refractivity contribution < 1.29 is 4.74 Å². The van der Waals surface area contributed by atoms with Gasteiger partial charge in [-0.2, -0.15) is 0 Å². The number of ether oxygens (including phenoxy) is 1. The summed E-state index contributed by atoms with van der Waals surface area (Å²) in [4.78, 5) is 8.21. The molecule has 1 aromatic rings. The molecule has 0 aromatic carbocycles. The quantitative estimate of drug-likeness (QED) is 0.756. The Morgan fingerprint density at radius 3 is 2.87 bits per heavy atom. The molecule has 0 aliphatic heterocycles. The third-order valence-corrected chi connectivity index (χ3v) is 2.06. The first kappa shape index (κ1) is 11.7. The van der Waals surface area contributed by atoms with Gasteiger partial charge in [-0.3, -0.25) is 0 Å². The van der Waals surface area contributed by atoms with Crippen LogP contribution in [0, 0.1) is 6.92 Å². The molecule has 0 fully saturated rings. The highest BCUT2D eigenvalue weighted by Gasteiger charge is 2.09. The lowest BCUT2D eigenvalue weighted by atomic mass is 10.3. The summed E-state index contributed by atoms with van der Waals surface area (Å²) in [6.07, 6.45) is 1.49. The number of hydrogen-bond donors (Lipinski definition) is 2.